The molecule has 8 heteroatoms. The molecule has 0 bridgehead atoms. The zero-order chi connectivity index (χ0) is 27.3. The van der Waals surface area contributed by atoms with E-state index in [0.717, 1.165) is 38.9 Å². The van der Waals surface area contributed by atoms with Crippen LogP contribution in [-0.4, -0.2) is 31.6 Å². The van der Waals surface area contributed by atoms with Crippen molar-refractivity contribution in [3.05, 3.63) is 106 Å². The van der Waals surface area contributed by atoms with Gasteiger partial charge in [0, 0.05) is 28.2 Å². The molecular formula is C31H29N5O2S. The summed E-state index contributed by atoms with van der Waals surface area (Å²) in [6.07, 6.45) is 0. The number of aliphatic carboxylic acids is 1. The Hall–Kier alpha value is -4.30. The minimum atomic E-state index is -0.915. The van der Waals surface area contributed by atoms with Crippen LogP contribution >= 0.6 is 11.3 Å². The molecule has 0 saturated carbocycles. The lowest BCUT2D eigenvalue weighted by atomic mass is 9.98. The number of nitrogens with one attached hydrogen (secondary N) is 1. The van der Waals surface area contributed by atoms with Gasteiger partial charge in [0.2, 0.25) is 0 Å². The molecule has 2 atom stereocenters. The first-order chi connectivity index (χ1) is 18.8. The fourth-order valence-electron chi connectivity index (χ4n) is 5.21. The van der Waals surface area contributed by atoms with Gasteiger partial charge in [0.05, 0.1) is 11.6 Å². The number of aromatic nitrogens is 3. The average Bonchev–Trinajstić information content (AvgIpc) is 3.41. The summed E-state index contributed by atoms with van der Waals surface area (Å²) in [6.45, 7) is 8.49. The molecule has 39 heavy (non-hydrogen) atoms. The van der Waals surface area contributed by atoms with Gasteiger partial charge >= 0.3 is 5.97 Å². The van der Waals surface area contributed by atoms with E-state index < -0.39 is 17.9 Å². The zero-order valence-corrected chi connectivity index (χ0v) is 23.1. The summed E-state index contributed by atoms with van der Waals surface area (Å²) in [4.78, 5) is 18.4. The number of fused-ring (bicyclic) bond motifs is 4. The summed E-state index contributed by atoms with van der Waals surface area (Å²) in [5, 5.41) is 25.6. The van der Waals surface area contributed by atoms with Gasteiger partial charge in [0.1, 0.15) is 16.9 Å². The number of aryl methyl sites for hydroxylation is 2. The van der Waals surface area contributed by atoms with E-state index in [9.17, 15) is 9.90 Å². The lowest BCUT2D eigenvalue weighted by molar-refractivity contribution is -0.141. The summed E-state index contributed by atoms with van der Waals surface area (Å²) in [5.74, 6) is -0.395. The molecule has 0 aliphatic carbocycles. The molecule has 0 spiro atoms. The fourth-order valence-corrected chi connectivity index (χ4v) is 6.42. The fraction of sp³-hybridized carbons (Fsp3) is 0.226. The van der Waals surface area contributed by atoms with E-state index in [0.29, 0.717) is 12.4 Å². The van der Waals surface area contributed by atoms with Crippen molar-refractivity contribution in [2.45, 2.75) is 40.3 Å². The van der Waals surface area contributed by atoms with Crippen LogP contribution in [0.3, 0.4) is 0 Å². The number of carboxylic acid groups (broad SMARTS) is 1. The van der Waals surface area contributed by atoms with E-state index in [1.54, 1.807) is 18.3 Å². The van der Waals surface area contributed by atoms with E-state index >= 15 is 0 Å². The van der Waals surface area contributed by atoms with E-state index in [-0.39, 0.29) is 0 Å². The van der Waals surface area contributed by atoms with Gasteiger partial charge in [-0.05, 0) is 61.7 Å². The number of hydrogen-bond acceptors (Lipinski definition) is 6. The van der Waals surface area contributed by atoms with Gasteiger partial charge in [0.15, 0.2) is 5.82 Å². The molecule has 1 aliphatic rings. The number of rotatable bonds is 6. The lowest BCUT2D eigenvalue weighted by Gasteiger charge is -2.16. The number of nitrogens with zero attached hydrogens (tertiary/aromatic N) is 4. The van der Waals surface area contributed by atoms with Gasteiger partial charge in [-0.1, -0.05) is 54.6 Å². The Morgan fingerprint density at radius 3 is 2.54 bits per heavy atom. The van der Waals surface area contributed by atoms with Crippen molar-refractivity contribution in [2.24, 2.45) is 10.9 Å². The molecule has 0 radical (unpaired) electrons. The second-order valence-corrected chi connectivity index (χ2v) is 11.2. The first kappa shape index (κ1) is 25.0. The second-order valence-electron chi connectivity index (χ2n) is 10.0. The maximum atomic E-state index is 12.1. The molecule has 2 aromatic heterocycles. The van der Waals surface area contributed by atoms with Gasteiger partial charge in [0.25, 0.3) is 0 Å². The van der Waals surface area contributed by atoms with Crippen molar-refractivity contribution in [2.75, 3.05) is 5.32 Å². The summed E-state index contributed by atoms with van der Waals surface area (Å²) in [5.41, 5.74) is 6.11. The predicted molar refractivity (Wildman–Crippen MR) is 156 cm³/mol. The number of carboxylic acids is 1. The Morgan fingerprint density at radius 2 is 1.77 bits per heavy atom. The third-order valence-electron chi connectivity index (χ3n) is 7.57. The number of thiophene rings is 1. The topological polar surface area (TPSA) is 92.4 Å². The first-order valence-electron chi connectivity index (χ1n) is 13.0. The third kappa shape index (κ3) is 4.30. The van der Waals surface area contributed by atoms with Crippen LogP contribution in [0.1, 0.15) is 51.7 Å². The normalized spacial score (nSPS) is 15.3. The van der Waals surface area contributed by atoms with E-state index in [2.05, 4.69) is 96.1 Å². The Morgan fingerprint density at radius 1 is 1.03 bits per heavy atom. The smallest absolute Gasteiger partial charge is 0.308 e. The Balaban J connectivity index is 1.38. The van der Waals surface area contributed by atoms with Gasteiger partial charge < -0.3 is 10.4 Å². The minimum absolute atomic E-state index is 0.563. The standard InChI is InChI=1S/C31H29N5O2S/c1-17-19(3)39-30-26(17)28(33-27(18(2)31(37)38)29-35-34-20(4)36(29)30)22-12-14-24(15-13-22)32-16-23-10-7-9-21-8-5-6-11-25(21)23/h5-15,18,27,32H,16H2,1-4H3,(H,37,38)/t18-,27?/m0/s1. The van der Waals surface area contributed by atoms with Crippen LogP contribution in [0.2, 0.25) is 0 Å². The van der Waals surface area contributed by atoms with Gasteiger partial charge in [-0.15, -0.1) is 21.5 Å². The summed E-state index contributed by atoms with van der Waals surface area (Å²) in [6, 6.07) is 22.3. The van der Waals surface area contributed by atoms with Crippen LogP contribution in [0.25, 0.3) is 15.8 Å². The van der Waals surface area contributed by atoms with Crippen molar-refractivity contribution in [3.8, 4) is 5.00 Å². The Kier molecular flexibility index (Phi) is 6.27. The molecule has 6 rings (SSSR count). The van der Waals surface area contributed by atoms with Crippen LogP contribution in [0.5, 0.6) is 0 Å². The van der Waals surface area contributed by atoms with Crippen LogP contribution in [-0.2, 0) is 11.3 Å². The van der Waals surface area contributed by atoms with Gasteiger partial charge in [-0.2, -0.15) is 0 Å². The van der Waals surface area contributed by atoms with E-state index in [1.807, 2.05) is 11.5 Å². The Labute approximate surface area is 230 Å². The SMILES string of the molecule is Cc1sc2c(c1C)C(c1ccc(NCc3cccc4ccccc34)cc1)=NC([C@H](C)C(=O)O)c1nnc(C)n1-2. The van der Waals surface area contributed by atoms with Gasteiger partial charge in [-0.3, -0.25) is 14.4 Å². The first-order valence-corrected chi connectivity index (χ1v) is 13.8. The number of hydrogen-bond donors (Lipinski definition) is 2. The highest BCUT2D eigenvalue weighted by Gasteiger charge is 2.36. The summed E-state index contributed by atoms with van der Waals surface area (Å²) < 4.78 is 1.99. The number of benzene rings is 3. The van der Waals surface area contributed by atoms with Crippen molar-refractivity contribution in [3.63, 3.8) is 0 Å². The summed E-state index contributed by atoms with van der Waals surface area (Å²) in [7, 11) is 0. The number of carbonyl (C=O) groups is 1. The molecule has 3 heterocycles. The highest BCUT2D eigenvalue weighted by molar-refractivity contribution is 7.15. The molecule has 0 amide bonds. The molecule has 7 nitrogen and oxygen atoms in total. The summed E-state index contributed by atoms with van der Waals surface area (Å²) >= 11 is 1.66. The maximum Gasteiger partial charge on any atom is 0.308 e. The minimum Gasteiger partial charge on any atom is -0.481 e. The predicted octanol–water partition coefficient (Wildman–Crippen LogP) is 6.63. The molecule has 3 aromatic carbocycles. The zero-order valence-electron chi connectivity index (χ0n) is 22.3. The highest BCUT2D eigenvalue weighted by atomic mass is 32.1. The van der Waals surface area contributed by atoms with Crippen LogP contribution in [0.15, 0.2) is 71.7 Å². The molecule has 1 aliphatic heterocycles. The number of aliphatic imine (C=N–C) groups is 1. The number of anilines is 1. The maximum absolute atomic E-state index is 12.1. The van der Waals surface area contributed by atoms with Crippen molar-refractivity contribution < 1.29 is 9.90 Å². The van der Waals surface area contributed by atoms with Crippen molar-refractivity contribution in [1.82, 2.24) is 14.8 Å². The van der Waals surface area contributed by atoms with E-state index in [1.165, 1.54) is 21.2 Å². The van der Waals surface area contributed by atoms with Crippen LogP contribution < -0.4 is 5.32 Å². The lowest BCUT2D eigenvalue weighted by Crippen LogP contribution is -2.21. The molecule has 0 fully saturated rings. The average molecular weight is 536 g/mol. The Bertz CT molecular complexity index is 1740. The van der Waals surface area contributed by atoms with Crippen molar-refractivity contribution >= 4 is 39.5 Å². The molecule has 1 unspecified atom stereocenters. The van der Waals surface area contributed by atoms with Crippen molar-refractivity contribution in [1.29, 1.82) is 0 Å². The molecule has 5 aromatic rings. The van der Waals surface area contributed by atoms with Crippen LogP contribution in [0, 0.1) is 26.7 Å². The highest BCUT2D eigenvalue weighted by Crippen LogP contribution is 2.40. The third-order valence-corrected chi connectivity index (χ3v) is 8.77. The molecule has 2 N–H and O–H groups in total. The molecule has 0 saturated heterocycles. The molecular weight excluding hydrogens is 506 g/mol. The monoisotopic (exact) mass is 535 g/mol. The quantitative estimate of drug-likeness (QED) is 0.255. The van der Waals surface area contributed by atoms with Gasteiger partial charge in [-0.25, -0.2) is 0 Å². The largest absolute Gasteiger partial charge is 0.481 e. The second kappa shape index (κ2) is 9.78. The van der Waals surface area contributed by atoms with Crippen LogP contribution in [0.4, 0.5) is 5.69 Å². The molecule has 196 valence electrons. The van der Waals surface area contributed by atoms with E-state index in [4.69, 9.17) is 4.99 Å².